The minimum atomic E-state index is -0.807. The topological polar surface area (TPSA) is 92.5 Å². The second-order valence-electron chi connectivity index (χ2n) is 7.23. The van der Waals surface area contributed by atoms with Crippen molar-refractivity contribution in [2.75, 3.05) is 41.4 Å². The molecule has 1 aliphatic rings. The Kier molecular flexibility index (Phi) is 6.47. The Balaban J connectivity index is 2.08. The Labute approximate surface area is 175 Å². The predicted octanol–water partition coefficient (Wildman–Crippen LogP) is 2.83. The van der Waals surface area contributed by atoms with Gasteiger partial charge in [-0.15, -0.1) is 0 Å². The second kappa shape index (κ2) is 9.04. The number of hydrogen-bond acceptors (Lipinski definition) is 7. The van der Waals surface area contributed by atoms with E-state index in [1.807, 2.05) is 19.0 Å². The summed E-state index contributed by atoms with van der Waals surface area (Å²) in [6.45, 7) is 1.11. The van der Waals surface area contributed by atoms with Gasteiger partial charge in [-0.25, -0.2) is 0 Å². The summed E-state index contributed by atoms with van der Waals surface area (Å²) in [4.78, 5) is 29.6. The normalized spacial score (nSPS) is 16.5. The number of Topliss-reactive ketones (excluding diaryl/α,β-unsaturated/α-hetero) is 1. The van der Waals surface area contributed by atoms with Gasteiger partial charge in [0.15, 0.2) is 11.5 Å². The molecule has 1 aromatic carbocycles. The number of furan rings is 1. The fourth-order valence-corrected chi connectivity index (χ4v) is 3.58. The molecule has 0 saturated carbocycles. The van der Waals surface area contributed by atoms with Gasteiger partial charge in [-0.2, -0.15) is 0 Å². The summed E-state index contributed by atoms with van der Waals surface area (Å²) in [7, 11) is 6.93. The zero-order valence-corrected chi connectivity index (χ0v) is 17.5. The largest absolute Gasteiger partial charge is 0.503 e. The maximum Gasteiger partial charge on any atom is 0.290 e. The third kappa shape index (κ3) is 4.04. The maximum absolute atomic E-state index is 13.1. The molecule has 2 heterocycles. The summed E-state index contributed by atoms with van der Waals surface area (Å²) in [6.07, 6.45) is 2.04. The van der Waals surface area contributed by atoms with Gasteiger partial charge in [0.1, 0.15) is 11.5 Å². The van der Waals surface area contributed by atoms with Gasteiger partial charge in [-0.3, -0.25) is 9.59 Å². The SMILES string of the molecule is COc1ccc([C@@H]2C(C(=O)c3ccco3)=C(O)C(=O)N2CCCN(C)C)c(OC)c1. The van der Waals surface area contributed by atoms with Crippen molar-refractivity contribution >= 4 is 11.7 Å². The highest BCUT2D eigenvalue weighted by Gasteiger charge is 2.45. The van der Waals surface area contributed by atoms with Crippen LogP contribution < -0.4 is 9.47 Å². The van der Waals surface area contributed by atoms with Crippen molar-refractivity contribution in [2.45, 2.75) is 12.5 Å². The van der Waals surface area contributed by atoms with Gasteiger partial charge in [-0.1, -0.05) is 0 Å². The number of ketones is 1. The lowest BCUT2D eigenvalue weighted by Crippen LogP contribution is -2.33. The summed E-state index contributed by atoms with van der Waals surface area (Å²) < 4.78 is 16.0. The number of hydrogen-bond donors (Lipinski definition) is 1. The number of benzene rings is 1. The number of ether oxygens (including phenoxy) is 2. The molecule has 8 nitrogen and oxygen atoms in total. The first-order valence-corrected chi connectivity index (χ1v) is 9.58. The van der Waals surface area contributed by atoms with E-state index in [1.165, 1.54) is 24.3 Å². The van der Waals surface area contributed by atoms with Gasteiger partial charge in [0, 0.05) is 18.2 Å². The average molecular weight is 414 g/mol. The first-order valence-electron chi connectivity index (χ1n) is 9.58. The molecule has 0 unspecified atom stereocenters. The van der Waals surface area contributed by atoms with Crippen LogP contribution in [0.5, 0.6) is 11.5 Å². The van der Waals surface area contributed by atoms with Crippen LogP contribution in [0.4, 0.5) is 0 Å². The van der Waals surface area contributed by atoms with Crippen molar-refractivity contribution in [2.24, 2.45) is 0 Å². The van der Waals surface area contributed by atoms with E-state index in [4.69, 9.17) is 13.9 Å². The molecule has 1 aliphatic heterocycles. The van der Waals surface area contributed by atoms with Crippen LogP contribution in [0.25, 0.3) is 0 Å². The van der Waals surface area contributed by atoms with Crippen LogP contribution in [0.15, 0.2) is 52.3 Å². The number of nitrogens with zero attached hydrogens (tertiary/aromatic N) is 2. The fourth-order valence-electron chi connectivity index (χ4n) is 3.58. The molecular formula is C22H26N2O6. The number of rotatable bonds is 9. The van der Waals surface area contributed by atoms with E-state index in [-0.39, 0.29) is 11.3 Å². The molecule has 160 valence electrons. The van der Waals surface area contributed by atoms with Crippen LogP contribution >= 0.6 is 0 Å². The van der Waals surface area contributed by atoms with Crippen molar-refractivity contribution in [1.29, 1.82) is 0 Å². The van der Waals surface area contributed by atoms with E-state index in [1.54, 1.807) is 31.4 Å². The highest BCUT2D eigenvalue weighted by molar-refractivity contribution is 6.15. The van der Waals surface area contributed by atoms with Gasteiger partial charge >= 0.3 is 0 Å². The molecule has 30 heavy (non-hydrogen) atoms. The van der Waals surface area contributed by atoms with E-state index in [2.05, 4.69) is 0 Å². The van der Waals surface area contributed by atoms with Crippen LogP contribution in [0.3, 0.4) is 0 Å². The molecule has 1 N–H and O–H groups in total. The molecule has 0 spiro atoms. The minimum Gasteiger partial charge on any atom is -0.503 e. The van der Waals surface area contributed by atoms with Gasteiger partial charge in [0.05, 0.1) is 32.1 Å². The number of aliphatic hydroxyl groups excluding tert-OH is 1. The van der Waals surface area contributed by atoms with Crippen LogP contribution in [-0.4, -0.2) is 68.0 Å². The number of aliphatic hydroxyl groups is 1. The zero-order chi connectivity index (χ0) is 21.8. The lowest BCUT2D eigenvalue weighted by Gasteiger charge is -2.28. The maximum atomic E-state index is 13.1. The molecule has 1 atom stereocenters. The number of carbonyl (C=O) groups excluding carboxylic acids is 2. The Hall–Kier alpha value is -3.26. The quantitative estimate of drug-likeness (QED) is 0.631. The van der Waals surface area contributed by atoms with E-state index in [9.17, 15) is 14.7 Å². The molecular weight excluding hydrogens is 388 g/mol. The van der Waals surface area contributed by atoms with Gasteiger partial charge < -0.3 is 28.8 Å². The third-order valence-electron chi connectivity index (χ3n) is 5.03. The van der Waals surface area contributed by atoms with E-state index < -0.39 is 23.5 Å². The molecule has 1 aromatic heterocycles. The van der Waals surface area contributed by atoms with Gasteiger partial charge in [0.25, 0.3) is 5.91 Å². The van der Waals surface area contributed by atoms with E-state index in [0.29, 0.717) is 30.0 Å². The summed E-state index contributed by atoms with van der Waals surface area (Å²) in [5, 5.41) is 10.7. The summed E-state index contributed by atoms with van der Waals surface area (Å²) in [5.41, 5.74) is 0.554. The lowest BCUT2D eigenvalue weighted by atomic mass is 9.94. The number of methoxy groups -OCH3 is 2. The van der Waals surface area contributed by atoms with Crippen molar-refractivity contribution in [1.82, 2.24) is 9.80 Å². The standard InChI is InChI=1S/C22H26N2O6/c1-23(2)10-6-11-24-19(15-9-8-14(28-3)13-17(15)29-4)18(21(26)22(24)27)20(25)16-7-5-12-30-16/h5,7-9,12-13,19,26H,6,10-11H2,1-4H3/t19-/m1/s1. The first kappa shape index (κ1) is 21.4. The monoisotopic (exact) mass is 414 g/mol. The summed E-state index contributed by atoms with van der Waals surface area (Å²) in [6, 6.07) is 7.43. The van der Waals surface area contributed by atoms with Crippen molar-refractivity contribution in [3.05, 3.63) is 59.3 Å². The molecule has 0 fully saturated rings. The fraction of sp³-hybridized carbons (Fsp3) is 0.364. The Morgan fingerprint density at radius 2 is 2.00 bits per heavy atom. The summed E-state index contributed by atoms with van der Waals surface area (Å²) in [5.74, 6) is -0.619. The average Bonchev–Trinajstić information content (AvgIpc) is 3.35. The smallest absolute Gasteiger partial charge is 0.290 e. The van der Waals surface area contributed by atoms with Crippen LogP contribution in [0.1, 0.15) is 28.6 Å². The first-order chi connectivity index (χ1) is 14.4. The second-order valence-corrected chi connectivity index (χ2v) is 7.23. The predicted molar refractivity (Wildman–Crippen MR) is 110 cm³/mol. The molecule has 0 bridgehead atoms. The molecule has 8 heteroatoms. The van der Waals surface area contributed by atoms with Crippen molar-refractivity contribution in [3.8, 4) is 11.5 Å². The highest BCUT2D eigenvalue weighted by Crippen LogP contribution is 2.43. The van der Waals surface area contributed by atoms with Gasteiger partial charge in [-0.05, 0) is 51.3 Å². The van der Waals surface area contributed by atoms with Gasteiger partial charge in [0.2, 0.25) is 5.78 Å². The van der Waals surface area contributed by atoms with Crippen molar-refractivity contribution in [3.63, 3.8) is 0 Å². The third-order valence-corrected chi connectivity index (χ3v) is 5.03. The minimum absolute atomic E-state index is 0.0248. The Morgan fingerprint density at radius 1 is 1.23 bits per heavy atom. The summed E-state index contributed by atoms with van der Waals surface area (Å²) >= 11 is 0. The number of amides is 1. The molecule has 0 saturated heterocycles. The lowest BCUT2D eigenvalue weighted by molar-refractivity contribution is -0.129. The zero-order valence-electron chi connectivity index (χ0n) is 17.5. The van der Waals surface area contributed by atoms with E-state index >= 15 is 0 Å². The molecule has 3 rings (SSSR count). The Morgan fingerprint density at radius 3 is 2.60 bits per heavy atom. The molecule has 0 radical (unpaired) electrons. The van der Waals surface area contributed by atoms with Crippen LogP contribution in [0, 0.1) is 0 Å². The Bertz CT molecular complexity index is 949. The molecule has 0 aliphatic carbocycles. The number of carbonyl (C=O) groups is 2. The van der Waals surface area contributed by atoms with Crippen LogP contribution in [-0.2, 0) is 4.79 Å². The molecule has 1 amide bonds. The van der Waals surface area contributed by atoms with Crippen molar-refractivity contribution < 1.29 is 28.6 Å². The molecule has 2 aromatic rings. The van der Waals surface area contributed by atoms with E-state index in [0.717, 1.165) is 6.54 Å². The van der Waals surface area contributed by atoms with Crippen LogP contribution in [0.2, 0.25) is 0 Å². The highest BCUT2D eigenvalue weighted by atomic mass is 16.5.